The molecule has 0 aliphatic heterocycles. The number of hydrogen-bond acceptors (Lipinski definition) is 3. The smallest absolute Gasteiger partial charge is 0.119 e. The SMILES string of the molecule is CNC(CSC1CCCC1)Cc1cccc(OC)c1. The second-order valence-electron chi connectivity index (χ2n) is 5.28. The van der Waals surface area contributed by atoms with Crippen LogP contribution < -0.4 is 10.1 Å². The van der Waals surface area contributed by atoms with Crippen LogP contribution in [0.2, 0.25) is 0 Å². The number of nitrogens with one attached hydrogen (secondary N) is 1. The molecule has 1 aromatic rings. The van der Waals surface area contributed by atoms with E-state index in [0.29, 0.717) is 6.04 Å². The van der Waals surface area contributed by atoms with Crippen molar-refractivity contribution in [3.63, 3.8) is 0 Å². The molecule has 1 aromatic carbocycles. The maximum Gasteiger partial charge on any atom is 0.119 e. The number of likely N-dealkylation sites (N-methyl/N-ethyl adjacent to an activating group) is 1. The molecule has 0 spiro atoms. The standard InChI is InChI=1S/C16H25NOS/c1-17-14(12-19-16-8-3-4-9-16)10-13-6-5-7-15(11-13)18-2/h5-7,11,14,16-17H,3-4,8-10,12H2,1-2H3. The summed E-state index contributed by atoms with van der Waals surface area (Å²) in [5.41, 5.74) is 1.35. The Morgan fingerprint density at radius 3 is 2.84 bits per heavy atom. The molecule has 0 amide bonds. The highest BCUT2D eigenvalue weighted by molar-refractivity contribution is 7.99. The lowest BCUT2D eigenvalue weighted by atomic mass is 10.1. The average molecular weight is 279 g/mol. The zero-order chi connectivity index (χ0) is 13.5. The summed E-state index contributed by atoms with van der Waals surface area (Å²) in [5, 5.41) is 4.35. The molecule has 1 fully saturated rings. The fraction of sp³-hybridized carbons (Fsp3) is 0.625. The van der Waals surface area contributed by atoms with Crippen molar-refractivity contribution in [3.05, 3.63) is 29.8 Å². The van der Waals surface area contributed by atoms with Crippen LogP contribution in [0.1, 0.15) is 31.2 Å². The summed E-state index contributed by atoms with van der Waals surface area (Å²) < 4.78 is 5.29. The monoisotopic (exact) mass is 279 g/mol. The minimum atomic E-state index is 0.553. The van der Waals surface area contributed by atoms with Gasteiger partial charge < -0.3 is 10.1 Å². The summed E-state index contributed by atoms with van der Waals surface area (Å²) in [7, 11) is 3.80. The van der Waals surface area contributed by atoms with Gasteiger partial charge >= 0.3 is 0 Å². The Morgan fingerprint density at radius 2 is 2.16 bits per heavy atom. The van der Waals surface area contributed by atoms with Crippen molar-refractivity contribution < 1.29 is 4.74 Å². The lowest BCUT2D eigenvalue weighted by molar-refractivity contribution is 0.414. The molecule has 0 bridgehead atoms. The molecule has 0 heterocycles. The van der Waals surface area contributed by atoms with E-state index in [9.17, 15) is 0 Å². The maximum absolute atomic E-state index is 5.29. The predicted octanol–water partition coefficient (Wildman–Crippen LogP) is 3.50. The number of ether oxygens (including phenoxy) is 1. The molecule has 0 saturated heterocycles. The average Bonchev–Trinajstić information content (AvgIpc) is 2.97. The number of thioether (sulfide) groups is 1. The van der Waals surface area contributed by atoms with Gasteiger partial charge in [0.25, 0.3) is 0 Å². The van der Waals surface area contributed by atoms with Gasteiger partial charge in [-0.2, -0.15) is 11.8 Å². The van der Waals surface area contributed by atoms with Gasteiger partial charge in [0.15, 0.2) is 0 Å². The van der Waals surface area contributed by atoms with Crippen LogP contribution in [-0.4, -0.2) is 31.2 Å². The van der Waals surface area contributed by atoms with Crippen molar-refractivity contribution >= 4 is 11.8 Å². The molecule has 1 saturated carbocycles. The van der Waals surface area contributed by atoms with E-state index in [1.165, 1.54) is 37.0 Å². The molecule has 0 aromatic heterocycles. The summed E-state index contributed by atoms with van der Waals surface area (Å²) in [4.78, 5) is 0. The van der Waals surface area contributed by atoms with E-state index >= 15 is 0 Å². The summed E-state index contributed by atoms with van der Waals surface area (Å²) in [6.07, 6.45) is 6.77. The van der Waals surface area contributed by atoms with Crippen molar-refractivity contribution in [2.45, 2.75) is 43.4 Å². The summed E-state index contributed by atoms with van der Waals surface area (Å²) in [6, 6.07) is 8.96. The number of hydrogen-bond donors (Lipinski definition) is 1. The third-order valence-electron chi connectivity index (χ3n) is 3.86. The lowest BCUT2D eigenvalue weighted by Gasteiger charge is -2.18. The molecular weight excluding hydrogens is 254 g/mol. The van der Waals surface area contributed by atoms with Crippen LogP contribution in [0.25, 0.3) is 0 Å². The van der Waals surface area contributed by atoms with Crippen LogP contribution in [0, 0.1) is 0 Å². The Morgan fingerprint density at radius 1 is 1.37 bits per heavy atom. The van der Waals surface area contributed by atoms with Gasteiger partial charge in [-0.3, -0.25) is 0 Å². The fourth-order valence-corrected chi connectivity index (χ4v) is 4.09. The maximum atomic E-state index is 5.29. The molecule has 106 valence electrons. The highest BCUT2D eigenvalue weighted by Crippen LogP contribution is 2.30. The molecule has 1 aliphatic carbocycles. The van der Waals surface area contributed by atoms with Gasteiger partial charge in [0.2, 0.25) is 0 Å². The van der Waals surface area contributed by atoms with Crippen LogP contribution in [-0.2, 0) is 6.42 Å². The zero-order valence-electron chi connectivity index (χ0n) is 12.0. The molecule has 2 nitrogen and oxygen atoms in total. The van der Waals surface area contributed by atoms with Crippen LogP contribution in [0.15, 0.2) is 24.3 Å². The Labute approximate surface area is 121 Å². The van der Waals surface area contributed by atoms with E-state index in [-0.39, 0.29) is 0 Å². The van der Waals surface area contributed by atoms with E-state index in [2.05, 4.69) is 42.3 Å². The van der Waals surface area contributed by atoms with E-state index in [1.54, 1.807) is 7.11 Å². The van der Waals surface area contributed by atoms with Crippen molar-refractivity contribution in [3.8, 4) is 5.75 Å². The van der Waals surface area contributed by atoms with E-state index in [1.807, 2.05) is 6.07 Å². The van der Waals surface area contributed by atoms with Crippen molar-refractivity contribution in [1.82, 2.24) is 5.32 Å². The van der Waals surface area contributed by atoms with Gasteiger partial charge in [-0.25, -0.2) is 0 Å². The second kappa shape index (κ2) is 7.81. The second-order valence-corrected chi connectivity index (χ2v) is 6.61. The fourth-order valence-electron chi connectivity index (χ4n) is 2.64. The summed E-state index contributed by atoms with van der Waals surface area (Å²) >= 11 is 2.15. The third-order valence-corrected chi connectivity index (χ3v) is 5.40. The molecule has 1 unspecified atom stereocenters. The Kier molecular flexibility index (Phi) is 6.05. The van der Waals surface area contributed by atoms with Gasteiger partial charge in [-0.05, 0) is 44.0 Å². The largest absolute Gasteiger partial charge is 0.497 e. The number of benzene rings is 1. The minimum absolute atomic E-state index is 0.553. The molecule has 0 radical (unpaired) electrons. The summed E-state index contributed by atoms with van der Waals surface area (Å²) in [6.45, 7) is 0. The van der Waals surface area contributed by atoms with Gasteiger partial charge in [-0.15, -0.1) is 0 Å². The predicted molar refractivity (Wildman–Crippen MR) is 84.3 cm³/mol. The van der Waals surface area contributed by atoms with E-state index in [4.69, 9.17) is 4.74 Å². The molecule has 19 heavy (non-hydrogen) atoms. The Balaban J connectivity index is 1.83. The van der Waals surface area contributed by atoms with Crippen LogP contribution in [0.5, 0.6) is 5.75 Å². The first kappa shape index (κ1) is 14.7. The Bertz CT molecular complexity index is 377. The highest BCUT2D eigenvalue weighted by Gasteiger charge is 2.17. The topological polar surface area (TPSA) is 21.3 Å². The number of methoxy groups -OCH3 is 1. The van der Waals surface area contributed by atoms with Gasteiger partial charge in [0.1, 0.15) is 5.75 Å². The minimum Gasteiger partial charge on any atom is -0.497 e. The van der Waals surface area contributed by atoms with Crippen LogP contribution >= 0.6 is 11.8 Å². The van der Waals surface area contributed by atoms with Crippen LogP contribution in [0.3, 0.4) is 0 Å². The zero-order valence-corrected chi connectivity index (χ0v) is 12.8. The first-order valence-corrected chi connectivity index (χ1v) is 8.28. The normalized spacial score (nSPS) is 17.6. The summed E-state index contributed by atoms with van der Waals surface area (Å²) in [5.74, 6) is 2.16. The quantitative estimate of drug-likeness (QED) is 0.825. The molecular formula is C16H25NOS. The first-order valence-electron chi connectivity index (χ1n) is 7.23. The third kappa shape index (κ3) is 4.73. The van der Waals surface area contributed by atoms with Gasteiger partial charge in [0, 0.05) is 17.0 Å². The Hall–Kier alpha value is -0.670. The van der Waals surface area contributed by atoms with E-state index < -0.39 is 0 Å². The molecule has 3 heteroatoms. The van der Waals surface area contributed by atoms with Gasteiger partial charge in [-0.1, -0.05) is 25.0 Å². The molecule has 1 atom stereocenters. The molecule has 1 N–H and O–H groups in total. The van der Waals surface area contributed by atoms with Crippen molar-refractivity contribution in [2.75, 3.05) is 19.9 Å². The van der Waals surface area contributed by atoms with Crippen molar-refractivity contribution in [2.24, 2.45) is 0 Å². The lowest BCUT2D eigenvalue weighted by Crippen LogP contribution is -2.30. The van der Waals surface area contributed by atoms with Crippen molar-refractivity contribution in [1.29, 1.82) is 0 Å². The molecule has 2 rings (SSSR count). The highest BCUT2D eigenvalue weighted by atomic mass is 32.2. The van der Waals surface area contributed by atoms with Gasteiger partial charge in [0.05, 0.1) is 7.11 Å². The first-order chi connectivity index (χ1) is 9.31. The van der Waals surface area contributed by atoms with E-state index in [0.717, 1.165) is 17.4 Å². The number of rotatable bonds is 7. The van der Waals surface area contributed by atoms with Crippen LogP contribution in [0.4, 0.5) is 0 Å². The molecule has 1 aliphatic rings.